The smallest absolute Gasteiger partial charge is 0.326 e. The number of urea groups is 1. The molecule has 1 aromatic rings. The van der Waals surface area contributed by atoms with Gasteiger partial charge in [-0.3, -0.25) is 4.98 Å². The highest BCUT2D eigenvalue weighted by molar-refractivity contribution is 5.82. The fraction of sp³-hybridized carbons (Fsp3) is 0.462. The van der Waals surface area contributed by atoms with Gasteiger partial charge >= 0.3 is 12.0 Å². The minimum atomic E-state index is -1.09. The topological polar surface area (TPSA) is 101 Å². The molecule has 0 radical (unpaired) electrons. The van der Waals surface area contributed by atoms with E-state index >= 15 is 0 Å². The van der Waals surface area contributed by atoms with Crippen LogP contribution in [-0.4, -0.2) is 41.8 Å². The van der Waals surface area contributed by atoms with E-state index in [1.165, 1.54) is 7.11 Å². The van der Waals surface area contributed by atoms with Crippen LogP contribution < -0.4 is 10.6 Å². The van der Waals surface area contributed by atoms with Crippen LogP contribution in [-0.2, 0) is 9.53 Å². The van der Waals surface area contributed by atoms with Gasteiger partial charge in [-0.1, -0.05) is 6.07 Å². The summed E-state index contributed by atoms with van der Waals surface area (Å²) in [7, 11) is 1.48. The highest BCUT2D eigenvalue weighted by atomic mass is 16.5. The van der Waals surface area contributed by atoms with Gasteiger partial charge in [-0.15, -0.1) is 0 Å². The van der Waals surface area contributed by atoms with Crippen LogP contribution in [0.15, 0.2) is 24.5 Å². The zero-order valence-electron chi connectivity index (χ0n) is 11.5. The second kappa shape index (κ2) is 8.11. The normalized spacial score (nSPS) is 13.3. The first-order valence-corrected chi connectivity index (χ1v) is 6.23. The van der Waals surface area contributed by atoms with Crippen LogP contribution in [0.4, 0.5) is 4.79 Å². The van der Waals surface area contributed by atoms with Gasteiger partial charge in [0.25, 0.3) is 0 Å². The second-order valence-corrected chi connectivity index (χ2v) is 4.30. The lowest BCUT2D eigenvalue weighted by Gasteiger charge is -2.18. The average Bonchev–Trinajstić information content (AvgIpc) is 2.44. The standard InChI is InChI=1S/C13H19N3O4/c1-9(10-4-3-6-14-8-10)15-13(19)16-11(12(17)18)5-7-20-2/h3-4,6,8-9,11H,5,7H2,1-2H3,(H,17,18)(H2,15,16,19). The quantitative estimate of drug-likeness (QED) is 0.690. The highest BCUT2D eigenvalue weighted by Crippen LogP contribution is 2.09. The molecule has 7 heteroatoms. The summed E-state index contributed by atoms with van der Waals surface area (Å²) in [6.45, 7) is 2.05. The van der Waals surface area contributed by atoms with Crippen molar-refractivity contribution in [2.75, 3.05) is 13.7 Å². The van der Waals surface area contributed by atoms with Gasteiger partial charge in [0.2, 0.25) is 0 Å². The molecule has 1 heterocycles. The first-order chi connectivity index (χ1) is 9.54. The largest absolute Gasteiger partial charge is 0.480 e. The number of carbonyl (C=O) groups excluding carboxylic acids is 1. The van der Waals surface area contributed by atoms with Gasteiger partial charge < -0.3 is 20.5 Å². The van der Waals surface area contributed by atoms with E-state index in [0.29, 0.717) is 0 Å². The number of aliphatic carboxylic acids is 1. The van der Waals surface area contributed by atoms with Gasteiger partial charge in [-0.25, -0.2) is 9.59 Å². The maximum Gasteiger partial charge on any atom is 0.326 e. The van der Waals surface area contributed by atoms with Crippen LogP contribution in [0.1, 0.15) is 24.9 Å². The summed E-state index contributed by atoms with van der Waals surface area (Å²) in [5.74, 6) is -1.09. The maximum absolute atomic E-state index is 11.8. The Labute approximate surface area is 117 Å². The van der Waals surface area contributed by atoms with Crippen molar-refractivity contribution in [3.8, 4) is 0 Å². The minimum Gasteiger partial charge on any atom is -0.480 e. The summed E-state index contributed by atoms with van der Waals surface area (Å²) in [6.07, 6.45) is 3.49. The number of nitrogens with zero attached hydrogens (tertiary/aromatic N) is 1. The number of carboxylic acids is 1. The minimum absolute atomic E-state index is 0.209. The molecule has 0 saturated carbocycles. The average molecular weight is 281 g/mol. The molecule has 2 amide bonds. The Morgan fingerprint density at radius 2 is 2.20 bits per heavy atom. The van der Waals surface area contributed by atoms with E-state index in [4.69, 9.17) is 9.84 Å². The number of carbonyl (C=O) groups is 2. The van der Waals surface area contributed by atoms with Crippen molar-refractivity contribution in [3.63, 3.8) is 0 Å². The summed E-state index contributed by atoms with van der Waals surface area (Å²) in [5, 5.41) is 14.1. The highest BCUT2D eigenvalue weighted by Gasteiger charge is 2.20. The Morgan fingerprint density at radius 3 is 2.75 bits per heavy atom. The molecule has 1 aromatic heterocycles. The monoisotopic (exact) mass is 281 g/mol. The van der Waals surface area contributed by atoms with Crippen molar-refractivity contribution < 1.29 is 19.4 Å². The van der Waals surface area contributed by atoms with Crippen molar-refractivity contribution in [2.24, 2.45) is 0 Å². The van der Waals surface area contributed by atoms with Crippen molar-refractivity contribution in [3.05, 3.63) is 30.1 Å². The molecule has 2 unspecified atom stereocenters. The number of rotatable bonds is 7. The SMILES string of the molecule is COCCC(NC(=O)NC(C)c1cccnc1)C(=O)O. The first kappa shape index (κ1) is 15.9. The predicted molar refractivity (Wildman–Crippen MR) is 72.2 cm³/mol. The number of pyridine rings is 1. The van der Waals surface area contributed by atoms with Crippen molar-refractivity contribution in [1.29, 1.82) is 0 Å². The Hall–Kier alpha value is -2.15. The predicted octanol–water partition coefficient (Wildman–Crippen LogP) is 0.931. The molecule has 0 aromatic carbocycles. The van der Waals surface area contributed by atoms with Crippen molar-refractivity contribution in [2.45, 2.75) is 25.4 Å². The number of methoxy groups -OCH3 is 1. The molecule has 110 valence electrons. The Bertz CT molecular complexity index is 439. The van der Waals surface area contributed by atoms with Crippen LogP contribution in [0.25, 0.3) is 0 Å². The van der Waals surface area contributed by atoms with Gasteiger partial charge in [-0.2, -0.15) is 0 Å². The molecule has 3 N–H and O–H groups in total. The maximum atomic E-state index is 11.8. The number of amides is 2. The van der Waals surface area contributed by atoms with Gasteiger partial charge in [0.1, 0.15) is 6.04 Å². The number of carboxylic acid groups (broad SMARTS) is 1. The second-order valence-electron chi connectivity index (χ2n) is 4.30. The number of hydrogen-bond donors (Lipinski definition) is 3. The van der Waals surface area contributed by atoms with E-state index in [0.717, 1.165) is 5.56 Å². The van der Waals surface area contributed by atoms with Gasteiger partial charge in [-0.05, 0) is 18.6 Å². The third-order valence-electron chi connectivity index (χ3n) is 2.75. The van der Waals surface area contributed by atoms with Crippen molar-refractivity contribution in [1.82, 2.24) is 15.6 Å². The number of ether oxygens (including phenoxy) is 1. The fourth-order valence-electron chi connectivity index (χ4n) is 1.61. The summed E-state index contributed by atoms with van der Waals surface area (Å²) < 4.78 is 4.81. The Morgan fingerprint density at radius 1 is 1.45 bits per heavy atom. The number of aromatic nitrogens is 1. The Kier molecular flexibility index (Phi) is 6.45. The fourth-order valence-corrected chi connectivity index (χ4v) is 1.61. The van der Waals surface area contributed by atoms with E-state index in [1.807, 2.05) is 6.07 Å². The lowest BCUT2D eigenvalue weighted by Crippen LogP contribution is -2.47. The van der Waals surface area contributed by atoms with Crippen LogP contribution in [0, 0.1) is 0 Å². The molecule has 2 atom stereocenters. The molecule has 0 bridgehead atoms. The summed E-state index contributed by atoms with van der Waals surface area (Å²) in [5.41, 5.74) is 0.839. The van der Waals surface area contributed by atoms with Crippen LogP contribution >= 0.6 is 0 Å². The lowest BCUT2D eigenvalue weighted by molar-refractivity contribution is -0.139. The molecule has 1 rings (SSSR count). The van der Waals surface area contributed by atoms with E-state index < -0.39 is 18.0 Å². The summed E-state index contributed by atoms with van der Waals surface area (Å²) in [4.78, 5) is 26.7. The molecule has 0 aliphatic rings. The molecule has 0 saturated heterocycles. The molecule has 0 aliphatic heterocycles. The molecule has 0 fully saturated rings. The molecule has 20 heavy (non-hydrogen) atoms. The van der Waals surface area contributed by atoms with Gasteiger partial charge in [0.15, 0.2) is 0 Å². The van der Waals surface area contributed by atoms with Gasteiger partial charge in [0, 0.05) is 32.5 Å². The zero-order valence-corrected chi connectivity index (χ0v) is 11.5. The van der Waals surface area contributed by atoms with E-state index in [2.05, 4.69) is 15.6 Å². The van der Waals surface area contributed by atoms with Crippen LogP contribution in [0.2, 0.25) is 0 Å². The number of nitrogens with one attached hydrogen (secondary N) is 2. The molecular weight excluding hydrogens is 262 g/mol. The molecular formula is C13H19N3O4. The Balaban J connectivity index is 2.51. The zero-order chi connectivity index (χ0) is 15.0. The molecule has 0 aliphatic carbocycles. The van der Waals surface area contributed by atoms with E-state index in [-0.39, 0.29) is 19.1 Å². The third-order valence-corrected chi connectivity index (χ3v) is 2.75. The van der Waals surface area contributed by atoms with Crippen LogP contribution in [0.5, 0.6) is 0 Å². The third kappa shape index (κ3) is 5.23. The first-order valence-electron chi connectivity index (χ1n) is 6.23. The van der Waals surface area contributed by atoms with Gasteiger partial charge in [0.05, 0.1) is 6.04 Å². The van der Waals surface area contributed by atoms with Crippen molar-refractivity contribution >= 4 is 12.0 Å². The van der Waals surface area contributed by atoms with E-state index in [9.17, 15) is 9.59 Å². The lowest BCUT2D eigenvalue weighted by atomic mass is 10.1. The van der Waals surface area contributed by atoms with E-state index in [1.54, 1.807) is 25.4 Å². The summed E-state index contributed by atoms with van der Waals surface area (Å²) >= 11 is 0. The summed E-state index contributed by atoms with van der Waals surface area (Å²) in [6, 6.07) is 1.82. The molecule has 0 spiro atoms. The number of hydrogen-bond acceptors (Lipinski definition) is 4. The van der Waals surface area contributed by atoms with Crippen LogP contribution in [0.3, 0.4) is 0 Å². The molecule has 7 nitrogen and oxygen atoms in total.